The van der Waals surface area contributed by atoms with E-state index in [1.165, 1.54) is 14.0 Å². The molecule has 1 atom stereocenters. The molecule has 1 rings (SSSR count). The number of ether oxygens (including phenoxy) is 1. The summed E-state index contributed by atoms with van der Waals surface area (Å²) < 4.78 is 4.65. The molecule has 4 nitrogen and oxygen atoms in total. The Morgan fingerprint density at radius 1 is 1.25 bits per heavy atom. The van der Waals surface area contributed by atoms with Crippen molar-refractivity contribution >= 4 is 17.6 Å². The van der Waals surface area contributed by atoms with E-state index in [0.717, 1.165) is 5.56 Å². The highest BCUT2D eigenvalue weighted by Crippen LogP contribution is 2.19. The predicted molar refractivity (Wildman–Crippen MR) is 61.2 cm³/mol. The zero-order valence-electron chi connectivity index (χ0n) is 9.61. The summed E-state index contributed by atoms with van der Waals surface area (Å²) in [7, 11) is 1.37. The van der Waals surface area contributed by atoms with Gasteiger partial charge in [-0.15, -0.1) is 0 Å². The fourth-order valence-electron chi connectivity index (χ4n) is 1.37. The fourth-order valence-corrected chi connectivity index (χ4v) is 1.37. The van der Waals surface area contributed by atoms with Crippen LogP contribution < -0.4 is 5.32 Å². The first-order valence-corrected chi connectivity index (χ1v) is 5.00. The van der Waals surface area contributed by atoms with Gasteiger partial charge in [-0.05, 0) is 24.6 Å². The zero-order valence-corrected chi connectivity index (χ0v) is 9.61. The van der Waals surface area contributed by atoms with Gasteiger partial charge >= 0.3 is 5.97 Å². The van der Waals surface area contributed by atoms with Crippen LogP contribution in [0, 0.1) is 0 Å². The second-order valence-electron chi connectivity index (χ2n) is 3.55. The molecule has 0 spiro atoms. The largest absolute Gasteiger partial charge is 0.469 e. The van der Waals surface area contributed by atoms with E-state index in [9.17, 15) is 9.59 Å². The van der Waals surface area contributed by atoms with Crippen LogP contribution in [0.15, 0.2) is 24.3 Å². The number of carbonyl (C=O) groups excluding carboxylic acids is 2. The Hall–Kier alpha value is -1.84. The monoisotopic (exact) mass is 221 g/mol. The first-order valence-electron chi connectivity index (χ1n) is 5.00. The van der Waals surface area contributed by atoms with Crippen molar-refractivity contribution in [2.75, 3.05) is 12.4 Å². The average Bonchev–Trinajstić information content (AvgIpc) is 2.27. The van der Waals surface area contributed by atoms with E-state index >= 15 is 0 Å². The SMILES string of the molecule is COC(=O)[C@@H](C)c1ccc(NC(C)=O)cc1. The molecule has 0 aliphatic rings. The summed E-state index contributed by atoms with van der Waals surface area (Å²) in [5, 5.41) is 2.66. The van der Waals surface area contributed by atoms with Crippen molar-refractivity contribution in [1.29, 1.82) is 0 Å². The van der Waals surface area contributed by atoms with E-state index in [-0.39, 0.29) is 17.8 Å². The fraction of sp³-hybridized carbons (Fsp3) is 0.333. The normalized spacial score (nSPS) is 11.7. The molecule has 1 N–H and O–H groups in total. The van der Waals surface area contributed by atoms with Gasteiger partial charge in [0.25, 0.3) is 0 Å². The van der Waals surface area contributed by atoms with Gasteiger partial charge < -0.3 is 10.1 Å². The van der Waals surface area contributed by atoms with Crippen LogP contribution in [0.4, 0.5) is 5.69 Å². The Balaban J connectivity index is 2.78. The van der Waals surface area contributed by atoms with E-state index in [0.29, 0.717) is 5.69 Å². The number of esters is 1. The molecule has 1 aromatic rings. The molecular formula is C12H15NO3. The van der Waals surface area contributed by atoms with Crippen molar-refractivity contribution in [1.82, 2.24) is 0 Å². The van der Waals surface area contributed by atoms with Gasteiger partial charge in [-0.2, -0.15) is 0 Å². The van der Waals surface area contributed by atoms with Crippen molar-refractivity contribution in [3.05, 3.63) is 29.8 Å². The maximum Gasteiger partial charge on any atom is 0.312 e. The molecule has 0 fully saturated rings. The van der Waals surface area contributed by atoms with Crippen LogP contribution >= 0.6 is 0 Å². The van der Waals surface area contributed by atoms with Gasteiger partial charge in [0.05, 0.1) is 13.0 Å². The van der Waals surface area contributed by atoms with E-state index in [1.807, 2.05) is 0 Å². The molecule has 0 radical (unpaired) electrons. The minimum absolute atomic E-state index is 0.117. The van der Waals surface area contributed by atoms with Gasteiger partial charge in [0.15, 0.2) is 0 Å². The number of nitrogens with one attached hydrogen (secondary N) is 1. The maximum absolute atomic E-state index is 11.3. The molecule has 0 aliphatic heterocycles. The first-order chi connectivity index (χ1) is 7.54. The Kier molecular flexibility index (Phi) is 4.05. The minimum atomic E-state index is -0.295. The van der Waals surface area contributed by atoms with E-state index in [1.54, 1.807) is 31.2 Å². The van der Waals surface area contributed by atoms with Crippen molar-refractivity contribution in [2.24, 2.45) is 0 Å². The quantitative estimate of drug-likeness (QED) is 0.793. The van der Waals surface area contributed by atoms with E-state index in [4.69, 9.17) is 0 Å². The number of anilines is 1. The highest BCUT2D eigenvalue weighted by atomic mass is 16.5. The molecular weight excluding hydrogens is 206 g/mol. The summed E-state index contributed by atoms with van der Waals surface area (Å²) in [5.41, 5.74) is 1.58. The van der Waals surface area contributed by atoms with Crippen LogP contribution in [-0.4, -0.2) is 19.0 Å². The summed E-state index contributed by atoms with van der Waals surface area (Å²) >= 11 is 0. The Labute approximate surface area is 94.6 Å². The van der Waals surface area contributed by atoms with Gasteiger partial charge in [-0.25, -0.2) is 0 Å². The van der Waals surface area contributed by atoms with E-state index in [2.05, 4.69) is 10.1 Å². The lowest BCUT2D eigenvalue weighted by molar-refractivity contribution is -0.142. The molecule has 0 bridgehead atoms. The van der Waals surface area contributed by atoms with Crippen LogP contribution in [-0.2, 0) is 14.3 Å². The number of methoxy groups -OCH3 is 1. The van der Waals surface area contributed by atoms with Crippen molar-refractivity contribution in [2.45, 2.75) is 19.8 Å². The molecule has 86 valence electrons. The minimum Gasteiger partial charge on any atom is -0.469 e. The molecule has 0 saturated carbocycles. The van der Waals surface area contributed by atoms with Crippen molar-refractivity contribution < 1.29 is 14.3 Å². The molecule has 1 amide bonds. The Morgan fingerprint density at radius 3 is 2.25 bits per heavy atom. The topological polar surface area (TPSA) is 55.4 Å². The van der Waals surface area contributed by atoms with Crippen LogP contribution in [0.2, 0.25) is 0 Å². The molecule has 0 unspecified atom stereocenters. The maximum atomic E-state index is 11.3. The standard InChI is InChI=1S/C12H15NO3/c1-8(12(15)16-3)10-4-6-11(7-5-10)13-9(2)14/h4-8H,1-3H3,(H,13,14)/t8-/m0/s1. The van der Waals surface area contributed by atoms with E-state index < -0.39 is 0 Å². The van der Waals surface area contributed by atoms with Gasteiger partial charge in [0.1, 0.15) is 0 Å². The zero-order chi connectivity index (χ0) is 12.1. The molecule has 16 heavy (non-hydrogen) atoms. The smallest absolute Gasteiger partial charge is 0.312 e. The summed E-state index contributed by atoms with van der Waals surface area (Å²) in [6.45, 7) is 3.23. The lowest BCUT2D eigenvalue weighted by Crippen LogP contribution is -2.11. The number of rotatable bonds is 3. The van der Waals surface area contributed by atoms with Crippen LogP contribution in [0.5, 0.6) is 0 Å². The first kappa shape index (κ1) is 12.2. The summed E-state index contributed by atoms with van der Waals surface area (Å²) in [5.74, 6) is -0.683. The van der Waals surface area contributed by atoms with Crippen molar-refractivity contribution in [3.63, 3.8) is 0 Å². The van der Waals surface area contributed by atoms with Gasteiger partial charge in [-0.3, -0.25) is 9.59 Å². The number of amides is 1. The highest BCUT2D eigenvalue weighted by Gasteiger charge is 2.14. The Morgan fingerprint density at radius 2 is 1.81 bits per heavy atom. The second-order valence-corrected chi connectivity index (χ2v) is 3.55. The third-order valence-corrected chi connectivity index (χ3v) is 2.29. The third-order valence-electron chi connectivity index (χ3n) is 2.29. The summed E-state index contributed by atoms with van der Waals surface area (Å²) in [4.78, 5) is 22.1. The van der Waals surface area contributed by atoms with Gasteiger partial charge in [-0.1, -0.05) is 12.1 Å². The summed E-state index contributed by atoms with van der Waals surface area (Å²) in [6, 6.07) is 7.12. The lowest BCUT2D eigenvalue weighted by Gasteiger charge is -2.10. The molecule has 4 heteroatoms. The summed E-state index contributed by atoms with van der Waals surface area (Å²) in [6.07, 6.45) is 0. The number of carbonyl (C=O) groups is 2. The third kappa shape index (κ3) is 3.08. The van der Waals surface area contributed by atoms with Gasteiger partial charge in [0, 0.05) is 12.6 Å². The number of hydrogen-bond donors (Lipinski definition) is 1. The van der Waals surface area contributed by atoms with Crippen LogP contribution in [0.3, 0.4) is 0 Å². The Bertz CT molecular complexity index is 384. The average molecular weight is 221 g/mol. The molecule has 0 aliphatic carbocycles. The second kappa shape index (κ2) is 5.30. The number of benzene rings is 1. The molecule has 0 saturated heterocycles. The van der Waals surface area contributed by atoms with Crippen molar-refractivity contribution in [3.8, 4) is 0 Å². The van der Waals surface area contributed by atoms with Crippen LogP contribution in [0.25, 0.3) is 0 Å². The molecule has 0 aromatic heterocycles. The molecule has 0 heterocycles. The van der Waals surface area contributed by atoms with Gasteiger partial charge in [0.2, 0.25) is 5.91 Å². The van der Waals surface area contributed by atoms with Crippen LogP contribution in [0.1, 0.15) is 25.3 Å². The highest BCUT2D eigenvalue weighted by molar-refractivity contribution is 5.88. The predicted octanol–water partition coefficient (Wildman–Crippen LogP) is 1.92. The molecule has 1 aromatic carbocycles. The number of hydrogen-bond acceptors (Lipinski definition) is 3. The lowest BCUT2D eigenvalue weighted by atomic mass is 10.0.